The molecule has 0 bridgehead atoms. The number of furan rings is 1. The number of para-hydroxylation sites is 1. The number of hydrazone groups is 1. The van der Waals surface area contributed by atoms with Gasteiger partial charge in [0.05, 0.1) is 25.9 Å². The van der Waals surface area contributed by atoms with E-state index in [0.29, 0.717) is 34.5 Å². The molecule has 0 fully saturated rings. The lowest BCUT2D eigenvalue weighted by molar-refractivity contribution is -0.387. The lowest BCUT2D eigenvalue weighted by Crippen LogP contribution is -2.21. The number of nitro groups is 2. The van der Waals surface area contributed by atoms with Crippen molar-refractivity contribution >= 4 is 41.1 Å². The normalized spacial score (nSPS) is 10.9. The number of carbonyl (C=O) groups excluding carboxylic acids is 1. The fraction of sp³-hybridized carbons (Fsp3) is 0.182. The molecule has 2 aromatic carbocycles. The zero-order chi connectivity index (χ0) is 24.7. The van der Waals surface area contributed by atoms with Gasteiger partial charge in [0.2, 0.25) is 5.88 Å². The highest BCUT2D eigenvalue weighted by molar-refractivity contribution is 7.99. The van der Waals surface area contributed by atoms with E-state index in [4.69, 9.17) is 4.42 Å². The second kappa shape index (κ2) is 11.1. The molecule has 11 nitrogen and oxygen atoms in total. The van der Waals surface area contributed by atoms with Crippen LogP contribution in [0.2, 0.25) is 0 Å². The van der Waals surface area contributed by atoms with E-state index in [-0.39, 0.29) is 16.9 Å². The number of rotatable bonds is 10. The molecule has 3 rings (SSSR count). The van der Waals surface area contributed by atoms with Crippen LogP contribution in [-0.2, 0) is 0 Å². The first-order chi connectivity index (χ1) is 16.3. The molecule has 0 saturated carbocycles. The molecule has 0 atom stereocenters. The minimum Gasteiger partial charge on any atom is -0.438 e. The lowest BCUT2D eigenvalue weighted by atomic mass is 10.2. The van der Waals surface area contributed by atoms with Crippen LogP contribution in [0, 0.1) is 20.2 Å². The van der Waals surface area contributed by atoms with Crippen LogP contribution in [0.1, 0.15) is 30.0 Å². The summed E-state index contributed by atoms with van der Waals surface area (Å²) in [6.07, 6.45) is 1.32. The molecule has 176 valence electrons. The fourth-order valence-corrected chi connectivity index (χ4v) is 4.08. The van der Waals surface area contributed by atoms with E-state index >= 15 is 0 Å². The van der Waals surface area contributed by atoms with Crippen molar-refractivity contribution in [3.63, 3.8) is 0 Å². The lowest BCUT2D eigenvalue weighted by Gasteiger charge is -2.18. The summed E-state index contributed by atoms with van der Waals surface area (Å²) in [7, 11) is 0. The summed E-state index contributed by atoms with van der Waals surface area (Å²) in [5.74, 6) is 0.333. The third-order valence-corrected chi connectivity index (χ3v) is 5.81. The van der Waals surface area contributed by atoms with Crippen LogP contribution < -0.4 is 10.3 Å². The van der Waals surface area contributed by atoms with Crippen molar-refractivity contribution in [1.29, 1.82) is 0 Å². The Labute approximate surface area is 198 Å². The number of nitrogens with one attached hydrogen (secondary N) is 1. The SMILES string of the molecule is CCN(CC)c1oc(/C=N\NC(=O)c2ccc([N+](=O)[O-])cc2)cc1Sc1ccccc1[N+](=O)[O-]. The van der Waals surface area contributed by atoms with Gasteiger partial charge in [-0.15, -0.1) is 0 Å². The van der Waals surface area contributed by atoms with Gasteiger partial charge in [-0.05, 0) is 32.0 Å². The first-order valence-corrected chi connectivity index (χ1v) is 11.0. The van der Waals surface area contributed by atoms with E-state index < -0.39 is 15.8 Å². The minimum atomic E-state index is -0.552. The van der Waals surface area contributed by atoms with E-state index in [1.54, 1.807) is 24.3 Å². The molecule has 0 spiro atoms. The van der Waals surface area contributed by atoms with Gasteiger partial charge in [-0.3, -0.25) is 25.0 Å². The summed E-state index contributed by atoms with van der Waals surface area (Å²) in [6, 6.07) is 13.2. The highest BCUT2D eigenvalue weighted by Gasteiger charge is 2.21. The van der Waals surface area contributed by atoms with Gasteiger partial charge in [0, 0.05) is 42.9 Å². The van der Waals surface area contributed by atoms with Gasteiger partial charge >= 0.3 is 0 Å². The monoisotopic (exact) mass is 483 g/mol. The molecule has 3 aromatic rings. The maximum atomic E-state index is 12.2. The topological polar surface area (TPSA) is 144 Å². The Balaban J connectivity index is 1.81. The molecule has 34 heavy (non-hydrogen) atoms. The van der Waals surface area contributed by atoms with Crippen LogP contribution in [0.25, 0.3) is 0 Å². The van der Waals surface area contributed by atoms with Crippen LogP contribution in [0.3, 0.4) is 0 Å². The Morgan fingerprint density at radius 2 is 1.74 bits per heavy atom. The number of carbonyl (C=O) groups is 1. The van der Waals surface area contributed by atoms with Crippen LogP contribution in [-0.4, -0.2) is 35.1 Å². The van der Waals surface area contributed by atoms with Crippen molar-refractivity contribution in [3.05, 3.63) is 86.1 Å². The van der Waals surface area contributed by atoms with E-state index in [0.717, 1.165) is 0 Å². The molecule has 0 aliphatic rings. The minimum absolute atomic E-state index is 0.00947. The molecular weight excluding hydrogens is 462 g/mol. The van der Waals surface area contributed by atoms with Crippen molar-refractivity contribution in [1.82, 2.24) is 5.43 Å². The average Bonchev–Trinajstić information content (AvgIpc) is 3.22. The number of amides is 1. The van der Waals surface area contributed by atoms with Crippen molar-refractivity contribution in [2.45, 2.75) is 23.6 Å². The van der Waals surface area contributed by atoms with Crippen molar-refractivity contribution < 1.29 is 19.1 Å². The molecule has 0 aliphatic carbocycles. The predicted molar refractivity (Wildman–Crippen MR) is 128 cm³/mol. The van der Waals surface area contributed by atoms with Crippen molar-refractivity contribution in [2.75, 3.05) is 18.0 Å². The Hall–Kier alpha value is -4.19. The van der Waals surface area contributed by atoms with Crippen LogP contribution >= 0.6 is 11.8 Å². The number of anilines is 1. The predicted octanol–water partition coefficient (Wildman–Crippen LogP) is 4.86. The average molecular weight is 484 g/mol. The summed E-state index contributed by atoms with van der Waals surface area (Å²) < 4.78 is 5.92. The highest BCUT2D eigenvalue weighted by atomic mass is 32.2. The van der Waals surface area contributed by atoms with Gasteiger partial charge in [0.1, 0.15) is 0 Å². The number of benzene rings is 2. The van der Waals surface area contributed by atoms with Crippen molar-refractivity contribution in [2.24, 2.45) is 5.10 Å². The zero-order valence-electron chi connectivity index (χ0n) is 18.3. The van der Waals surface area contributed by atoms with Crippen molar-refractivity contribution in [3.8, 4) is 0 Å². The van der Waals surface area contributed by atoms with Crippen LogP contribution in [0.15, 0.2) is 73.9 Å². The number of nitro benzene ring substituents is 2. The number of hydrogen-bond donors (Lipinski definition) is 1. The largest absolute Gasteiger partial charge is 0.438 e. The van der Waals surface area contributed by atoms with E-state index in [1.165, 1.54) is 48.3 Å². The highest BCUT2D eigenvalue weighted by Crippen LogP contribution is 2.41. The summed E-state index contributed by atoms with van der Waals surface area (Å²) in [5.41, 5.74) is 2.42. The van der Waals surface area contributed by atoms with Gasteiger partial charge in [-0.25, -0.2) is 5.43 Å². The Morgan fingerprint density at radius 3 is 2.35 bits per heavy atom. The molecule has 1 amide bonds. The molecular formula is C22H21N5O6S. The molecule has 1 heterocycles. The molecule has 0 saturated heterocycles. The second-order valence-electron chi connectivity index (χ2n) is 6.82. The van der Waals surface area contributed by atoms with Gasteiger partial charge in [0.25, 0.3) is 17.3 Å². The zero-order valence-corrected chi connectivity index (χ0v) is 19.2. The number of non-ortho nitro benzene ring substituents is 1. The summed E-state index contributed by atoms with van der Waals surface area (Å²) >= 11 is 1.21. The summed E-state index contributed by atoms with van der Waals surface area (Å²) in [5, 5.41) is 26.0. The second-order valence-corrected chi connectivity index (χ2v) is 7.90. The Bertz CT molecular complexity index is 1220. The molecule has 0 radical (unpaired) electrons. The number of nitrogens with zero attached hydrogens (tertiary/aromatic N) is 4. The standard InChI is InChI=1S/C22H21N5O6S/c1-3-25(4-2)22-20(34-19-8-6-5-7-18(19)27(31)32)13-17(33-22)14-23-24-21(28)15-9-11-16(12-10-15)26(29)30/h5-14H,3-4H2,1-2H3,(H,24,28)/b23-14-. The maximum absolute atomic E-state index is 12.2. The Morgan fingerprint density at radius 1 is 1.06 bits per heavy atom. The fourth-order valence-electron chi connectivity index (χ4n) is 3.02. The Kier molecular flexibility index (Phi) is 7.98. The first-order valence-electron chi connectivity index (χ1n) is 10.2. The van der Waals surface area contributed by atoms with Gasteiger partial charge < -0.3 is 9.32 Å². The third kappa shape index (κ3) is 5.78. The van der Waals surface area contributed by atoms with E-state index in [1.807, 2.05) is 18.7 Å². The first kappa shape index (κ1) is 24.5. The van der Waals surface area contributed by atoms with Gasteiger partial charge in [-0.2, -0.15) is 5.10 Å². The van der Waals surface area contributed by atoms with E-state index in [2.05, 4.69) is 10.5 Å². The van der Waals surface area contributed by atoms with Gasteiger partial charge in [-0.1, -0.05) is 23.9 Å². The summed E-state index contributed by atoms with van der Waals surface area (Å²) in [6.45, 7) is 5.23. The van der Waals surface area contributed by atoms with Gasteiger partial charge in [0.15, 0.2) is 5.76 Å². The molecule has 1 N–H and O–H groups in total. The molecule has 1 aromatic heterocycles. The quantitative estimate of drug-likeness (QED) is 0.245. The third-order valence-electron chi connectivity index (χ3n) is 4.73. The van der Waals surface area contributed by atoms with Crippen LogP contribution in [0.5, 0.6) is 0 Å². The smallest absolute Gasteiger partial charge is 0.283 e. The molecule has 12 heteroatoms. The molecule has 0 aliphatic heterocycles. The van der Waals surface area contributed by atoms with Crippen LogP contribution in [0.4, 0.5) is 17.3 Å². The summed E-state index contributed by atoms with van der Waals surface area (Å²) in [4.78, 5) is 36.5. The molecule has 0 unspecified atom stereocenters. The number of hydrogen-bond acceptors (Lipinski definition) is 9. The van der Waals surface area contributed by atoms with E-state index in [9.17, 15) is 25.0 Å². The maximum Gasteiger partial charge on any atom is 0.283 e.